The number of hydrogen-bond acceptors (Lipinski definition) is 3. The molecule has 0 aliphatic rings. The Hall–Kier alpha value is -3.14. The van der Waals surface area contributed by atoms with Crippen LogP contribution in [0.2, 0.25) is 0 Å². The van der Waals surface area contributed by atoms with E-state index in [4.69, 9.17) is 10.5 Å². The Balaban J connectivity index is 1.83. The van der Waals surface area contributed by atoms with Crippen LogP contribution in [-0.2, 0) is 6.61 Å². The Labute approximate surface area is 146 Å². The quantitative estimate of drug-likeness (QED) is 0.707. The third-order valence-corrected chi connectivity index (χ3v) is 3.93. The summed E-state index contributed by atoms with van der Waals surface area (Å²) in [5.74, 6) is 0.406. The molecule has 2 aromatic carbocycles. The first kappa shape index (κ1) is 16.7. The van der Waals surface area contributed by atoms with Gasteiger partial charge in [-0.3, -0.25) is 0 Å². The van der Waals surface area contributed by atoms with Crippen molar-refractivity contribution in [3.8, 4) is 16.9 Å². The average molecular weight is 334 g/mol. The zero-order valence-corrected chi connectivity index (χ0v) is 14.0. The molecule has 0 saturated heterocycles. The Morgan fingerprint density at radius 1 is 1.12 bits per heavy atom. The maximum Gasteiger partial charge on any atom is 0.166 e. The Bertz CT molecular complexity index is 904. The number of rotatable bonds is 5. The predicted octanol–water partition coefficient (Wildman–Crippen LogP) is 5.08. The number of halogens is 1. The van der Waals surface area contributed by atoms with Crippen LogP contribution in [0.25, 0.3) is 16.7 Å². The van der Waals surface area contributed by atoms with E-state index in [1.54, 1.807) is 24.4 Å². The molecular weight excluding hydrogens is 315 g/mol. The van der Waals surface area contributed by atoms with Crippen LogP contribution in [0.3, 0.4) is 0 Å². The minimum Gasteiger partial charge on any atom is -0.485 e. The number of nitrogens with zero attached hydrogens (tertiary/aromatic N) is 1. The van der Waals surface area contributed by atoms with Crippen molar-refractivity contribution >= 4 is 11.4 Å². The highest BCUT2D eigenvalue weighted by molar-refractivity contribution is 5.70. The van der Waals surface area contributed by atoms with Gasteiger partial charge in [0.25, 0.3) is 0 Å². The minimum atomic E-state index is -0.305. The lowest BCUT2D eigenvalue weighted by molar-refractivity contribution is 0.300. The van der Waals surface area contributed by atoms with Gasteiger partial charge in [0.15, 0.2) is 11.6 Å². The van der Waals surface area contributed by atoms with Gasteiger partial charge in [-0.25, -0.2) is 9.37 Å². The average Bonchev–Trinajstić information content (AvgIpc) is 2.62. The van der Waals surface area contributed by atoms with Gasteiger partial charge in [0, 0.05) is 17.3 Å². The van der Waals surface area contributed by atoms with Crippen LogP contribution in [0, 0.1) is 5.82 Å². The number of pyridine rings is 1. The fraction of sp³-hybridized carbons (Fsp3) is 0.0952. The second kappa shape index (κ2) is 7.18. The van der Waals surface area contributed by atoms with Crippen LogP contribution < -0.4 is 10.5 Å². The number of anilines is 1. The van der Waals surface area contributed by atoms with Gasteiger partial charge in [0.1, 0.15) is 12.4 Å². The van der Waals surface area contributed by atoms with Gasteiger partial charge in [0.05, 0.1) is 0 Å². The molecule has 0 bridgehead atoms. The molecule has 0 saturated carbocycles. The predicted molar refractivity (Wildman–Crippen MR) is 99.5 cm³/mol. The van der Waals surface area contributed by atoms with Crippen molar-refractivity contribution in [3.63, 3.8) is 0 Å². The highest BCUT2D eigenvalue weighted by Crippen LogP contribution is 2.28. The summed E-state index contributed by atoms with van der Waals surface area (Å²) in [5, 5.41) is 0. The maximum atomic E-state index is 13.7. The van der Waals surface area contributed by atoms with Gasteiger partial charge in [-0.2, -0.15) is 0 Å². The minimum absolute atomic E-state index is 0.0939. The molecule has 0 atom stereocenters. The van der Waals surface area contributed by atoms with Crippen LogP contribution in [0.1, 0.15) is 18.1 Å². The SMILES string of the molecule is C=C(C)c1ccc(-c2cnc(N)c(OCc3ccccc3F)c2)cc1. The Morgan fingerprint density at radius 3 is 2.52 bits per heavy atom. The van der Waals surface area contributed by atoms with Gasteiger partial charge in [-0.05, 0) is 30.2 Å². The lowest BCUT2D eigenvalue weighted by Gasteiger charge is -2.11. The summed E-state index contributed by atoms with van der Waals surface area (Å²) < 4.78 is 19.4. The van der Waals surface area contributed by atoms with E-state index in [0.29, 0.717) is 11.3 Å². The zero-order valence-electron chi connectivity index (χ0n) is 14.0. The molecule has 1 heterocycles. The highest BCUT2D eigenvalue weighted by atomic mass is 19.1. The van der Waals surface area contributed by atoms with E-state index in [2.05, 4.69) is 11.6 Å². The molecule has 4 heteroatoms. The number of aromatic nitrogens is 1. The van der Waals surface area contributed by atoms with Gasteiger partial charge in [-0.15, -0.1) is 0 Å². The summed E-state index contributed by atoms with van der Waals surface area (Å²) in [5.41, 5.74) is 10.3. The highest BCUT2D eigenvalue weighted by Gasteiger charge is 2.08. The number of benzene rings is 2. The van der Waals surface area contributed by atoms with Crippen molar-refractivity contribution in [1.29, 1.82) is 0 Å². The van der Waals surface area contributed by atoms with E-state index in [1.165, 1.54) is 6.07 Å². The molecule has 126 valence electrons. The number of nitrogen functional groups attached to an aromatic ring is 1. The molecule has 25 heavy (non-hydrogen) atoms. The first-order chi connectivity index (χ1) is 12.0. The van der Waals surface area contributed by atoms with E-state index < -0.39 is 0 Å². The van der Waals surface area contributed by atoms with Crippen molar-refractivity contribution in [2.75, 3.05) is 5.73 Å². The third kappa shape index (κ3) is 3.86. The summed E-state index contributed by atoms with van der Waals surface area (Å²) in [6.07, 6.45) is 1.70. The monoisotopic (exact) mass is 334 g/mol. The van der Waals surface area contributed by atoms with E-state index >= 15 is 0 Å². The van der Waals surface area contributed by atoms with Crippen LogP contribution in [0.4, 0.5) is 10.2 Å². The molecule has 1 aromatic heterocycles. The Kier molecular flexibility index (Phi) is 4.80. The molecule has 3 rings (SSSR count). The number of nitrogens with two attached hydrogens (primary N) is 1. The molecule has 0 radical (unpaired) electrons. The first-order valence-corrected chi connectivity index (χ1v) is 7.92. The lowest BCUT2D eigenvalue weighted by Crippen LogP contribution is -2.02. The van der Waals surface area contributed by atoms with Crippen LogP contribution >= 0.6 is 0 Å². The zero-order chi connectivity index (χ0) is 17.8. The lowest BCUT2D eigenvalue weighted by atomic mass is 10.0. The van der Waals surface area contributed by atoms with E-state index in [1.807, 2.05) is 37.3 Å². The number of hydrogen-bond donors (Lipinski definition) is 1. The molecule has 0 fully saturated rings. The molecule has 0 aliphatic carbocycles. The summed E-state index contributed by atoms with van der Waals surface area (Å²) in [7, 11) is 0. The maximum absolute atomic E-state index is 13.7. The molecule has 3 nitrogen and oxygen atoms in total. The molecular formula is C21H19FN2O. The van der Waals surface area contributed by atoms with E-state index in [0.717, 1.165) is 22.3 Å². The standard InChI is InChI=1S/C21H19FN2O/c1-14(2)15-7-9-16(10-8-15)18-11-20(21(23)24-12-18)25-13-17-5-3-4-6-19(17)22/h3-12H,1,13H2,2H3,(H2,23,24). The summed E-state index contributed by atoms with van der Waals surface area (Å²) in [6.45, 7) is 5.99. The van der Waals surface area contributed by atoms with E-state index in [9.17, 15) is 4.39 Å². The molecule has 2 N–H and O–H groups in total. The Morgan fingerprint density at radius 2 is 1.84 bits per heavy atom. The summed E-state index contributed by atoms with van der Waals surface area (Å²) >= 11 is 0. The third-order valence-electron chi connectivity index (χ3n) is 3.93. The van der Waals surface area contributed by atoms with Crippen molar-refractivity contribution < 1.29 is 9.13 Å². The van der Waals surface area contributed by atoms with Crippen molar-refractivity contribution in [1.82, 2.24) is 4.98 Å². The molecule has 0 aliphatic heterocycles. The summed E-state index contributed by atoms with van der Waals surface area (Å²) in [4.78, 5) is 4.19. The van der Waals surface area contributed by atoms with Crippen molar-refractivity contribution in [2.24, 2.45) is 0 Å². The smallest absolute Gasteiger partial charge is 0.166 e. The van der Waals surface area contributed by atoms with E-state index in [-0.39, 0.29) is 18.2 Å². The van der Waals surface area contributed by atoms with Crippen LogP contribution in [0.5, 0.6) is 5.75 Å². The fourth-order valence-electron chi connectivity index (χ4n) is 2.45. The number of allylic oxidation sites excluding steroid dienone is 1. The molecule has 3 aromatic rings. The first-order valence-electron chi connectivity index (χ1n) is 7.92. The van der Waals surface area contributed by atoms with Gasteiger partial charge in [0.2, 0.25) is 0 Å². The van der Waals surface area contributed by atoms with Gasteiger partial charge < -0.3 is 10.5 Å². The van der Waals surface area contributed by atoms with Crippen molar-refractivity contribution in [2.45, 2.75) is 13.5 Å². The number of ether oxygens (including phenoxy) is 1. The van der Waals surface area contributed by atoms with Crippen LogP contribution in [0.15, 0.2) is 67.4 Å². The molecule has 0 amide bonds. The molecule has 0 spiro atoms. The molecule has 0 unspecified atom stereocenters. The second-order valence-corrected chi connectivity index (χ2v) is 5.85. The van der Waals surface area contributed by atoms with Gasteiger partial charge >= 0.3 is 0 Å². The fourth-order valence-corrected chi connectivity index (χ4v) is 2.45. The van der Waals surface area contributed by atoms with Gasteiger partial charge in [-0.1, -0.05) is 54.6 Å². The topological polar surface area (TPSA) is 48.1 Å². The van der Waals surface area contributed by atoms with Crippen molar-refractivity contribution in [3.05, 3.63) is 84.3 Å². The second-order valence-electron chi connectivity index (χ2n) is 5.85. The van der Waals surface area contributed by atoms with Crippen LogP contribution in [-0.4, -0.2) is 4.98 Å². The largest absolute Gasteiger partial charge is 0.485 e. The normalized spacial score (nSPS) is 10.5. The summed E-state index contributed by atoms with van der Waals surface area (Å²) in [6, 6.07) is 16.3.